The Morgan fingerprint density at radius 2 is 2.12 bits per heavy atom. The van der Waals surface area contributed by atoms with Crippen LogP contribution in [0.2, 0.25) is 0 Å². The van der Waals surface area contributed by atoms with Crippen molar-refractivity contribution in [3.8, 4) is 0 Å². The van der Waals surface area contributed by atoms with Gasteiger partial charge in [0.05, 0.1) is 12.4 Å². The Labute approximate surface area is 100 Å². The second kappa shape index (κ2) is 7.30. The summed E-state index contributed by atoms with van der Waals surface area (Å²) >= 11 is 1.57. The topological polar surface area (TPSA) is 49.3 Å². The van der Waals surface area contributed by atoms with Gasteiger partial charge in [-0.3, -0.25) is 4.79 Å². The van der Waals surface area contributed by atoms with Crippen LogP contribution in [-0.2, 0) is 10.5 Å². The van der Waals surface area contributed by atoms with Crippen LogP contribution < -0.4 is 5.32 Å². The molecule has 0 fully saturated rings. The Hall–Kier alpha value is -1.00. The van der Waals surface area contributed by atoms with E-state index in [1.165, 1.54) is 5.56 Å². The van der Waals surface area contributed by atoms with Crippen molar-refractivity contribution in [3.63, 3.8) is 0 Å². The summed E-state index contributed by atoms with van der Waals surface area (Å²) in [5.41, 5.74) is 1.22. The molecule has 0 bridgehead atoms. The zero-order valence-electron chi connectivity index (χ0n) is 9.35. The van der Waals surface area contributed by atoms with Crippen LogP contribution >= 0.6 is 11.8 Å². The molecule has 0 aromatic heterocycles. The van der Waals surface area contributed by atoms with Gasteiger partial charge < -0.3 is 10.4 Å². The summed E-state index contributed by atoms with van der Waals surface area (Å²) in [6.45, 7) is 1.76. The van der Waals surface area contributed by atoms with Crippen molar-refractivity contribution in [2.45, 2.75) is 18.7 Å². The van der Waals surface area contributed by atoms with Crippen LogP contribution in [0.5, 0.6) is 0 Å². The number of amides is 1. The molecule has 0 aliphatic carbocycles. The Kier molecular flexibility index (Phi) is 5.96. The van der Waals surface area contributed by atoms with Crippen LogP contribution in [0.1, 0.15) is 12.5 Å². The molecule has 0 saturated carbocycles. The monoisotopic (exact) mass is 239 g/mol. The minimum Gasteiger partial charge on any atom is -0.394 e. The third-order valence-corrected chi connectivity index (χ3v) is 3.03. The molecule has 1 atom stereocenters. The van der Waals surface area contributed by atoms with E-state index >= 15 is 0 Å². The first-order valence-electron chi connectivity index (χ1n) is 5.24. The molecule has 3 nitrogen and oxygen atoms in total. The lowest BCUT2D eigenvalue weighted by molar-refractivity contribution is -0.119. The molecule has 16 heavy (non-hydrogen) atoms. The summed E-state index contributed by atoms with van der Waals surface area (Å²) in [7, 11) is 0. The number of carbonyl (C=O) groups excluding carboxylic acids is 1. The van der Waals surface area contributed by atoms with E-state index < -0.39 is 0 Å². The average molecular weight is 239 g/mol. The van der Waals surface area contributed by atoms with Gasteiger partial charge in [-0.15, -0.1) is 11.8 Å². The molecule has 88 valence electrons. The number of rotatable bonds is 6. The van der Waals surface area contributed by atoms with Gasteiger partial charge in [-0.05, 0) is 12.5 Å². The summed E-state index contributed by atoms with van der Waals surface area (Å²) in [5.74, 6) is 1.24. The first-order chi connectivity index (χ1) is 7.72. The number of aliphatic hydroxyl groups excluding tert-OH is 1. The molecular weight excluding hydrogens is 222 g/mol. The first kappa shape index (κ1) is 13.1. The van der Waals surface area contributed by atoms with E-state index in [0.717, 1.165) is 5.75 Å². The molecule has 1 aromatic carbocycles. The second-order valence-electron chi connectivity index (χ2n) is 3.63. The lowest BCUT2D eigenvalue weighted by atomic mass is 10.2. The highest BCUT2D eigenvalue weighted by Crippen LogP contribution is 2.10. The van der Waals surface area contributed by atoms with E-state index in [0.29, 0.717) is 5.75 Å². The maximum absolute atomic E-state index is 11.4. The Morgan fingerprint density at radius 3 is 2.75 bits per heavy atom. The highest BCUT2D eigenvalue weighted by molar-refractivity contribution is 7.99. The Morgan fingerprint density at radius 1 is 1.44 bits per heavy atom. The number of thioether (sulfide) groups is 1. The van der Waals surface area contributed by atoms with Gasteiger partial charge in [0.15, 0.2) is 0 Å². The summed E-state index contributed by atoms with van der Waals surface area (Å²) < 4.78 is 0. The fourth-order valence-electron chi connectivity index (χ4n) is 1.20. The molecule has 0 aliphatic heterocycles. The molecule has 1 rings (SSSR count). The number of benzene rings is 1. The van der Waals surface area contributed by atoms with E-state index in [-0.39, 0.29) is 18.6 Å². The SMILES string of the molecule is CC(CO)NC(=O)CSCc1ccccc1. The van der Waals surface area contributed by atoms with E-state index in [1.54, 1.807) is 18.7 Å². The number of hydrogen-bond acceptors (Lipinski definition) is 3. The van der Waals surface area contributed by atoms with Gasteiger partial charge in [0, 0.05) is 11.8 Å². The molecule has 0 aliphatic rings. The molecule has 4 heteroatoms. The van der Waals surface area contributed by atoms with Crippen molar-refractivity contribution in [1.82, 2.24) is 5.32 Å². The van der Waals surface area contributed by atoms with Crippen LogP contribution in [0.3, 0.4) is 0 Å². The van der Waals surface area contributed by atoms with Crippen molar-refractivity contribution >= 4 is 17.7 Å². The Balaban J connectivity index is 2.18. The molecular formula is C12H17NO2S. The smallest absolute Gasteiger partial charge is 0.230 e. The average Bonchev–Trinajstić information content (AvgIpc) is 2.30. The van der Waals surface area contributed by atoms with Crippen molar-refractivity contribution in [3.05, 3.63) is 35.9 Å². The Bertz CT molecular complexity index is 316. The predicted octanol–water partition coefficient (Wildman–Crippen LogP) is 1.42. The van der Waals surface area contributed by atoms with Gasteiger partial charge in [0.1, 0.15) is 0 Å². The fourth-order valence-corrected chi connectivity index (χ4v) is 2.00. The van der Waals surface area contributed by atoms with Gasteiger partial charge in [0.2, 0.25) is 5.91 Å². The van der Waals surface area contributed by atoms with Crippen molar-refractivity contribution in [2.24, 2.45) is 0 Å². The van der Waals surface area contributed by atoms with Crippen LogP contribution in [0.15, 0.2) is 30.3 Å². The largest absolute Gasteiger partial charge is 0.394 e. The maximum atomic E-state index is 11.4. The van der Waals surface area contributed by atoms with Crippen LogP contribution in [-0.4, -0.2) is 29.4 Å². The quantitative estimate of drug-likeness (QED) is 0.789. The molecule has 0 heterocycles. The third kappa shape index (κ3) is 5.19. The van der Waals surface area contributed by atoms with Crippen LogP contribution in [0, 0.1) is 0 Å². The van der Waals surface area contributed by atoms with E-state index in [1.807, 2.05) is 30.3 Å². The second-order valence-corrected chi connectivity index (χ2v) is 4.62. The van der Waals surface area contributed by atoms with Crippen LogP contribution in [0.25, 0.3) is 0 Å². The van der Waals surface area contributed by atoms with Crippen molar-refractivity contribution in [2.75, 3.05) is 12.4 Å². The number of carbonyl (C=O) groups is 1. The molecule has 0 spiro atoms. The van der Waals surface area contributed by atoms with Gasteiger partial charge >= 0.3 is 0 Å². The summed E-state index contributed by atoms with van der Waals surface area (Å²) in [6, 6.07) is 9.88. The van der Waals surface area contributed by atoms with Gasteiger partial charge in [-0.2, -0.15) is 0 Å². The van der Waals surface area contributed by atoms with E-state index in [2.05, 4.69) is 5.32 Å². The molecule has 1 unspecified atom stereocenters. The van der Waals surface area contributed by atoms with Gasteiger partial charge in [-0.1, -0.05) is 30.3 Å². The first-order valence-corrected chi connectivity index (χ1v) is 6.39. The zero-order valence-corrected chi connectivity index (χ0v) is 10.2. The minimum absolute atomic E-state index is 0.0188. The number of aliphatic hydroxyl groups is 1. The van der Waals surface area contributed by atoms with Gasteiger partial charge in [0.25, 0.3) is 0 Å². The lowest BCUT2D eigenvalue weighted by Gasteiger charge is -2.10. The third-order valence-electron chi connectivity index (χ3n) is 2.03. The molecule has 0 radical (unpaired) electrons. The van der Waals surface area contributed by atoms with Gasteiger partial charge in [-0.25, -0.2) is 0 Å². The maximum Gasteiger partial charge on any atom is 0.230 e. The molecule has 2 N–H and O–H groups in total. The van der Waals surface area contributed by atoms with Crippen molar-refractivity contribution in [1.29, 1.82) is 0 Å². The lowest BCUT2D eigenvalue weighted by Crippen LogP contribution is -2.36. The minimum atomic E-state index is -0.162. The van der Waals surface area contributed by atoms with Crippen LogP contribution in [0.4, 0.5) is 0 Å². The van der Waals surface area contributed by atoms with Crippen molar-refractivity contribution < 1.29 is 9.90 Å². The molecule has 0 saturated heterocycles. The molecule has 1 amide bonds. The highest BCUT2D eigenvalue weighted by atomic mass is 32.2. The highest BCUT2D eigenvalue weighted by Gasteiger charge is 2.05. The summed E-state index contributed by atoms with van der Waals surface area (Å²) in [4.78, 5) is 11.4. The van der Waals surface area contributed by atoms with E-state index in [9.17, 15) is 4.79 Å². The normalized spacial score (nSPS) is 12.1. The molecule has 1 aromatic rings. The predicted molar refractivity (Wildman–Crippen MR) is 67.3 cm³/mol. The van der Waals surface area contributed by atoms with E-state index in [4.69, 9.17) is 5.11 Å². The number of hydrogen-bond donors (Lipinski definition) is 2. The summed E-state index contributed by atoms with van der Waals surface area (Å²) in [5, 5.41) is 11.5. The summed E-state index contributed by atoms with van der Waals surface area (Å²) in [6.07, 6.45) is 0. The zero-order chi connectivity index (χ0) is 11.8. The standard InChI is InChI=1S/C12H17NO2S/c1-10(7-14)13-12(15)9-16-8-11-5-3-2-4-6-11/h2-6,10,14H,7-9H2,1H3,(H,13,15). The fraction of sp³-hybridized carbons (Fsp3) is 0.417. The number of nitrogens with one attached hydrogen (secondary N) is 1.